The number of rotatable bonds is 1. The number of hydrogen-bond donors (Lipinski definition) is 0. The van der Waals surface area contributed by atoms with E-state index in [0.29, 0.717) is 16.9 Å². The molecule has 0 heterocycles. The summed E-state index contributed by atoms with van der Waals surface area (Å²) in [5, 5.41) is 0. The molecule has 1 atom stereocenters. The van der Waals surface area contributed by atoms with Crippen LogP contribution in [0, 0.1) is 10.8 Å². The molecule has 1 nitrogen and oxygen atoms in total. The highest BCUT2D eigenvalue weighted by Crippen LogP contribution is 2.56. The van der Waals surface area contributed by atoms with E-state index in [-0.39, 0.29) is 0 Å². The lowest BCUT2D eigenvalue weighted by molar-refractivity contribution is -0.0391. The van der Waals surface area contributed by atoms with Gasteiger partial charge in [-0.1, -0.05) is 26.0 Å². The Labute approximate surface area is 81.2 Å². The van der Waals surface area contributed by atoms with E-state index in [1.54, 1.807) is 0 Å². The highest BCUT2D eigenvalue weighted by Gasteiger charge is 2.52. The fraction of sp³-hybridized carbons (Fsp3) is 0.833. The maximum absolute atomic E-state index is 5.72. The largest absolute Gasteiger partial charge is 0.380 e. The van der Waals surface area contributed by atoms with E-state index >= 15 is 0 Å². The van der Waals surface area contributed by atoms with Gasteiger partial charge in [-0.15, -0.1) is 0 Å². The van der Waals surface area contributed by atoms with Crippen molar-refractivity contribution in [3.63, 3.8) is 0 Å². The highest BCUT2D eigenvalue weighted by molar-refractivity contribution is 5.12. The smallest absolute Gasteiger partial charge is 0.0684 e. The first kappa shape index (κ1) is 9.26. The first-order chi connectivity index (χ1) is 6.11. The lowest BCUT2D eigenvalue weighted by Gasteiger charge is -2.36. The molecule has 2 rings (SSSR count). The van der Waals surface area contributed by atoms with Crippen LogP contribution in [0.1, 0.15) is 39.5 Å². The molecule has 0 bridgehead atoms. The van der Waals surface area contributed by atoms with Crippen LogP contribution < -0.4 is 0 Å². The number of methoxy groups -OCH3 is 1. The average Bonchev–Trinajstić information content (AvgIpc) is 2.60. The second kappa shape index (κ2) is 2.84. The Morgan fingerprint density at radius 1 is 1.15 bits per heavy atom. The summed E-state index contributed by atoms with van der Waals surface area (Å²) in [6.45, 7) is 4.68. The predicted molar refractivity (Wildman–Crippen MR) is 54.6 cm³/mol. The molecule has 0 radical (unpaired) electrons. The van der Waals surface area contributed by atoms with Crippen LogP contribution in [0.3, 0.4) is 0 Å². The van der Waals surface area contributed by atoms with Gasteiger partial charge in [-0.3, -0.25) is 0 Å². The minimum Gasteiger partial charge on any atom is -0.380 e. The third-order valence-corrected chi connectivity index (χ3v) is 3.98. The first-order valence-electron chi connectivity index (χ1n) is 5.29. The monoisotopic (exact) mass is 180 g/mol. The van der Waals surface area contributed by atoms with Gasteiger partial charge in [0, 0.05) is 12.5 Å². The highest BCUT2D eigenvalue weighted by atomic mass is 16.5. The van der Waals surface area contributed by atoms with Crippen molar-refractivity contribution < 1.29 is 4.74 Å². The molecular weight excluding hydrogens is 160 g/mol. The molecule has 0 aromatic carbocycles. The molecule has 0 saturated heterocycles. The molecule has 0 N–H and O–H groups in total. The normalized spacial score (nSPS) is 34.5. The van der Waals surface area contributed by atoms with Crippen LogP contribution in [0.2, 0.25) is 0 Å². The van der Waals surface area contributed by atoms with Crippen LogP contribution in [-0.2, 0) is 4.74 Å². The van der Waals surface area contributed by atoms with E-state index in [2.05, 4.69) is 26.0 Å². The molecule has 74 valence electrons. The second-order valence-corrected chi connectivity index (χ2v) is 5.35. The summed E-state index contributed by atoms with van der Waals surface area (Å²) in [6, 6.07) is 0. The topological polar surface area (TPSA) is 9.23 Å². The van der Waals surface area contributed by atoms with Gasteiger partial charge in [-0.05, 0) is 31.1 Å². The lowest BCUT2D eigenvalue weighted by atomic mass is 9.76. The van der Waals surface area contributed by atoms with E-state index in [1.165, 1.54) is 25.7 Å². The molecule has 1 heteroatoms. The molecule has 1 fully saturated rings. The van der Waals surface area contributed by atoms with Gasteiger partial charge >= 0.3 is 0 Å². The van der Waals surface area contributed by atoms with Crippen molar-refractivity contribution in [3.8, 4) is 0 Å². The summed E-state index contributed by atoms with van der Waals surface area (Å²) >= 11 is 0. The van der Waals surface area contributed by atoms with Crippen molar-refractivity contribution in [2.75, 3.05) is 7.11 Å². The summed E-state index contributed by atoms with van der Waals surface area (Å²) in [6.07, 6.45) is 10.2. The molecule has 13 heavy (non-hydrogen) atoms. The molecule has 0 aromatic heterocycles. The Kier molecular flexibility index (Phi) is 2.03. The minimum atomic E-state index is 0.376. The third kappa shape index (κ3) is 1.25. The van der Waals surface area contributed by atoms with Crippen LogP contribution in [0.5, 0.6) is 0 Å². The van der Waals surface area contributed by atoms with Crippen molar-refractivity contribution in [2.24, 2.45) is 10.8 Å². The van der Waals surface area contributed by atoms with Gasteiger partial charge < -0.3 is 4.74 Å². The maximum atomic E-state index is 5.72. The fourth-order valence-electron chi connectivity index (χ4n) is 3.37. The second-order valence-electron chi connectivity index (χ2n) is 5.35. The van der Waals surface area contributed by atoms with E-state index in [4.69, 9.17) is 4.74 Å². The van der Waals surface area contributed by atoms with Crippen molar-refractivity contribution in [2.45, 2.75) is 45.6 Å². The third-order valence-electron chi connectivity index (χ3n) is 3.98. The van der Waals surface area contributed by atoms with Crippen molar-refractivity contribution >= 4 is 0 Å². The van der Waals surface area contributed by atoms with Gasteiger partial charge in [0.2, 0.25) is 0 Å². The number of hydrogen-bond acceptors (Lipinski definition) is 1. The van der Waals surface area contributed by atoms with Crippen LogP contribution in [0.15, 0.2) is 12.2 Å². The summed E-state index contributed by atoms with van der Waals surface area (Å²) < 4.78 is 5.72. The van der Waals surface area contributed by atoms with Gasteiger partial charge in [0.25, 0.3) is 0 Å². The van der Waals surface area contributed by atoms with Crippen LogP contribution in [0.4, 0.5) is 0 Å². The maximum Gasteiger partial charge on any atom is 0.0684 e. The van der Waals surface area contributed by atoms with Crippen LogP contribution >= 0.6 is 0 Å². The van der Waals surface area contributed by atoms with Gasteiger partial charge in [0.15, 0.2) is 0 Å². The standard InChI is InChI=1S/C12H20O/c1-11(2)8-9-12(10(11)13-3)6-4-5-7-12/h4-5,10H,6-9H2,1-3H3. The Balaban J connectivity index is 2.23. The number of allylic oxidation sites excluding steroid dienone is 2. The number of ether oxygens (including phenoxy) is 1. The zero-order chi connectivity index (χ0) is 9.53. The summed E-state index contributed by atoms with van der Waals surface area (Å²) in [7, 11) is 1.87. The Bertz CT molecular complexity index is 219. The molecular formula is C12H20O. The van der Waals surface area contributed by atoms with Crippen molar-refractivity contribution in [3.05, 3.63) is 12.2 Å². The van der Waals surface area contributed by atoms with E-state index < -0.39 is 0 Å². The quantitative estimate of drug-likeness (QED) is 0.563. The lowest BCUT2D eigenvalue weighted by Crippen LogP contribution is -2.37. The Morgan fingerprint density at radius 2 is 1.77 bits per heavy atom. The molecule has 0 aromatic rings. The van der Waals surface area contributed by atoms with Gasteiger partial charge in [-0.2, -0.15) is 0 Å². The predicted octanol–water partition coefficient (Wildman–Crippen LogP) is 3.16. The van der Waals surface area contributed by atoms with E-state index in [0.717, 1.165) is 0 Å². The first-order valence-corrected chi connectivity index (χ1v) is 5.29. The summed E-state index contributed by atoms with van der Waals surface area (Å²) in [5.74, 6) is 0. The molecule has 1 unspecified atom stereocenters. The SMILES string of the molecule is COC1C(C)(C)CCC12CC=CC2. The van der Waals surface area contributed by atoms with Crippen molar-refractivity contribution in [1.29, 1.82) is 0 Å². The average molecular weight is 180 g/mol. The molecule has 1 saturated carbocycles. The fourth-order valence-corrected chi connectivity index (χ4v) is 3.37. The van der Waals surface area contributed by atoms with Gasteiger partial charge in [-0.25, -0.2) is 0 Å². The Morgan fingerprint density at radius 3 is 2.31 bits per heavy atom. The van der Waals surface area contributed by atoms with Crippen LogP contribution in [-0.4, -0.2) is 13.2 Å². The van der Waals surface area contributed by atoms with E-state index in [9.17, 15) is 0 Å². The van der Waals surface area contributed by atoms with Crippen LogP contribution in [0.25, 0.3) is 0 Å². The summed E-state index contributed by atoms with van der Waals surface area (Å²) in [5.41, 5.74) is 0.832. The van der Waals surface area contributed by atoms with Gasteiger partial charge in [0.1, 0.15) is 0 Å². The Hall–Kier alpha value is -0.300. The van der Waals surface area contributed by atoms with Gasteiger partial charge in [0.05, 0.1) is 6.10 Å². The molecule has 2 aliphatic rings. The zero-order valence-corrected chi connectivity index (χ0v) is 8.97. The minimum absolute atomic E-state index is 0.376. The molecule has 2 aliphatic carbocycles. The van der Waals surface area contributed by atoms with E-state index in [1.807, 2.05) is 7.11 Å². The summed E-state index contributed by atoms with van der Waals surface area (Å²) in [4.78, 5) is 0. The molecule has 0 aliphatic heterocycles. The molecule has 0 amide bonds. The zero-order valence-electron chi connectivity index (χ0n) is 8.97. The molecule has 1 spiro atoms. The van der Waals surface area contributed by atoms with Crippen molar-refractivity contribution in [1.82, 2.24) is 0 Å².